The van der Waals surface area contributed by atoms with Crippen LogP contribution in [0, 0.1) is 11.3 Å². The maximum atomic E-state index is 12.2. The standard InChI is InChI=1S/C22H21NO3/c23-14-16-6-8-20(9-7-16)22(25)26-15-21(24)19-12-10-18(11-13-19)17-4-2-1-3-5-17/h6-13,17H,1-5,15H2. The molecule has 2 aromatic rings. The van der Waals surface area contributed by atoms with Crippen LogP contribution in [-0.2, 0) is 4.74 Å². The Morgan fingerprint density at radius 3 is 2.15 bits per heavy atom. The fraction of sp³-hybridized carbons (Fsp3) is 0.318. The summed E-state index contributed by atoms with van der Waals surface area (Å²) < 4.78 is 5.09. The molecule has 26 heavy (non-hydrogen) atoms. The van der Waals surface area contributed by atoms with E-state index in [1.54, 1.807) is 12.1 Å². The van der Waals surface area contributed by atoms with Gasteiger partial charge in [0.05, 0.1) is 17.2 Å². The van der Waals surface area contributed by atoms with Crippen LogP contribution in [0.2, 0.25) is 0 Å². The zero-order chi connectivity index (χ0) is 18.4. The molecular formula is C22H21NO3. The Bertz CT molecular complexity index is 810. The topological polar surface area (TPSA) is 67.2 Å². The average Bonchev–Trinajstić information content (AvgIpc) is 2.72. The molecule has 0 amide bonds. The van der Waals surface area contributed by atoms with Crippen LogP contribution in [0.4, 0.5) is 0 Å². The number of carbonyl (C=O) groups excluding carboxylic acids is 2. The maximum absolute atomic E-state index is 12.2. The SMILES string of the molecule is N#Cc1ccc(C(=O)OCC(=O)c2ccc(C3CCCCC3)cc2)cc1. The van der Waals surface area contributed by atoms with E-state index >= 15 is 0 Å². The van der Waals surface area contributed by atoms with Gasteiger partial charge in [-0.05, 0) is 48.6 Å². The molecule has 2 aromatic carbocycles. The number of hydrogen-bond donors (Lipinski definition) is 0. The van der Waals surface area contributed by atoms with E-state index in [0.29, 0.717) is 22.6 Å². The molecule has 4 heteroatoms. The molecule has 1 saturated carbocycles. The molecule has 0 spiro atoms. The number of nitriles is 1. The quantitative estimate of drug-likeness (QED) is 0.583. The van der Waals surface area contributed by atoms with E-state index in [4.69, 9.17) is 10.00 Å². The molecule has 132 valence electrons. The molecule has 0 aromatic heterocycles. The summed E-state index contributed by atoms with van der Waals surface area (Å²) >= 11 is 0. The van der Waals surface area contributed by atoms with Crippen molar-refractivity contribution in [2.45, 2.75) is 38.0 Å². The molecule has 0 aliphatic heterocycles. The maximum Gasteiger partial charge on any atom is 0.338 e. The minimum atomic E-state index is -0.568. The van der Waals surface area contributed by atoms with Crippen LogP contribution < -0.4 is 0 Å². The zero-order valence-corrected chi connectivity index (χ0v) is 14.6. The van der Waals surface area contributed by atoms with E-state index in [9.17, 15) is 9.59 Å². The second-order valence-electron chi connectivity index (χ2n) is 6.65. The number of rotatable bonds is 5. The van der Waals surface area contributed by atoms with Gasteiger partial charge >= 0.3 is 5.97 Å². The summed E-state index contributed by atoms with van der Waals surface area (Å²) in [7, 11) is 0. The highest BCUT2D eigenvalue weighted by molar-refractivity contribution is 5.99. The van der Waals surface area contributed by atoms with Crippen LogP contribution in [0.5, 0.6) is 0 Å². The number of hydrogen-bond acceptors (Lipinski definition) is 4. The van der Waals surface area contributed by atoms with Crippen LogP contribution in [0.25, 0.3) is 0 Å². The van der Waals surface area contributed by atoms with Crippen LogP contribution in [0.3, 0.4) is 0 Å². The highest BCUT2D eigenvalue weighted by Crippen LogP contribution is 2.32. The summed E-state index contributed by atoms with van der Waals surface area (Å²) in [6, 6.07) is 15.8. The normalized spacial score (nSPS) is 14.4. The summed E-state index contributed by atoms with van der Waals surface area (Å²) in [5.74, 6) is -0.189. The largest absolute Gasteiger partial charge is 0.454 e. The van der Waals surface area contributed by atoms with Gasteiger partial charge in [0.15, 0.2) is 12.4 Å². The number of carbonyl (C=O) groups is 2. The third-order valence-corrected chi connectivity index (χ3v) is 4.89. The summed E-state index contributed by atoms with van der Waals surface area (Å²) in [5, 5.41) is 8.76. The lowest BCUT2D eigenvalue weighted by molar-refractivity contribution is 0.0475. The highest BCUT2D eigenvalue weighted by atomic mass is 16.5. The van der Waals surface area contributed by atoms with Gasteiger partial charge in [-0.2, -0.15) is 5.26 Å². The van der Waals surface area contributed by atoms with Gasteiger partial charge in [0, 0.05) is 5.56 Å². The van der Waals surface area contributed by atoms with Gasteiger partial charge in [-0.1, -0.05) is 43.5 Å². The first-order valence-electron chi connectivity index (χ1n) is 8.98. The van der Waals surface area contributed by atoms with Gasteiger partial charge in [-0.25, -0.2) is 4.79 Å². The minimum Gasteiger partial charge on any atom is -0.454 e. The summed E-state index contributed by atoms with van der Waals surface area (Å²) in [6.07, 6.45) is 6.30. The van der Waals surface area contributed by atoms with E-state index in [1.807, 2.05) is 30.3 Å². The van der Waals surface area contributed by atoms with E-state index in [0.717, 1.165) is 0 Å². The van der Waals surface area contributed by atoms with E-state index in [1.165, 1.54) is 49.8 Å². The molecule has 1 aliphatic rings. The predicted molar refractivity (Wildman–Crippen MR) is 98.0 cm³/mol. The minimum absolute atomic E-state index is 0.220. The number of ketones is 1. The van der Waals surface area contributed by atoms with Gasteiger partial charge < -0.3 is 4.74 Å². The Kier molecular flexibility index (Phi) is 5.80. The van der Waals surface area contributed by atoms with Crippen molar-refractivity contribution in [1.82, 2.24) is 0 Å². The summed E-state index contributed by atoms with van der Waals surface area (Å²) in [4.78, 5) is 24.2. The van der Waals surface area contributed by atoms with Crippen molar-refractivity contribution < 1.29 is 14.3 Å². The Balaban J connectivity index is 1.55. The second kappa shape index (κ2) is 8.44. The summed E-state index contributed by atoms with van der Waals surface area (Å²) in [5.41, 5.74) is 2.63. The fourth-order valence-electron chi connectivity index (χ4n) is 3.36. The number of esters is 1. The van der Waals surface area contributed by atoms with Crippen LogP contribution >= 0.6 is 0 Å². The lowest BCUT2D eigenvalue weighted by Gasteiger charge is -2.22. The monoisotopic (exact) mass is 347 g/mol. The Morgan fingerprint density at radius 1 is 0.923 bits per heavy atom. The molecule has 0 atom stereocenters. The van der Waals surface area contributed by atoms with Gasteiger partial charge in [0.2, 0.25) is 0 Å². The molecule has 0 unspecified atom stereocenters. The molecule has 3 rings (SSSR count). The van der Waals surface area contributed by atoms with Gasteiger partial charge in [0.1, 0.15) is 0 Å². The van der Waals surface area contributed by atoms with Crippen LogP contribution in [0.1, 0.15) is 69.9 Å². The first-order chi connectivity index (χ1) is 12.7. The van der Waals surface area contributed by atoms with Crippen LogP contribution in [-0.4, -0.2) is 18.4 Å². The van der Waals surface area contributed by atoms with Crippen molar-refractivity contribution in [3.8, 4) is 6.07 Å². The molecule has 0 radical (unpaired) electrons. The number of Topliss-reactive ketones (excluding diaryl/α,β-unsaturated/α-hetero) is 1. The summed E-state index contributed by atoms with van der Waals surface area (Å²) in [6.45, 7) is -0.290. The van der Waals surface area contributed by atoms with Crippen molar-refractivity contribution in [3.63, 3.8) is 0 Å². The molecular weight excluding hydrogens is 326 g/mol. The first-order valence-corrected chi connectivity index (χ1v) is 8.98. The first kappa shape index (κ1) is 17.9. The smallest absolute Gasteiger partial charge is 0.338 e. The molecule has 0 saturated heterocycles. The Morgan fingerprint density at radius 2 is 1.54 bits per heavy atom. The Labute approximate surface area is 153 Å². The molecule has 0 bridgehead atoms. The lowest BCUT2D eigenvalue weighted by Crippen LogP contribution is -2.14. The van der Waals surface area contributed by atoms with Gasteiger partial charge in [-0.15, -0.1) is 0 Å². The van der Waals surface area contributed by atoms with Crippen molar-refractivity contribution in [2.75, 3.05) is 6.61 Å². The van der Waals surface area contributed by atoms with Crippen molar-refractivity contribution >= 4 is 11.8 Å². The van der Waals surface area contributed by atoms with E-state index in [2.05, 4.69) is 0 Å². The zero-order valence-electron chi connectivity index (χ0n) is 14.6. The molecule has 4 nitrogen and oxygen atoms in total. The Hall–Kier alpha value is -2.93. The third-order valence-electron chi connectivity index (χ3n) is 4.89. The number of benzene rings is 2. The predicted octanol–water partition coefficient (Wildman–Crippen LogP) is 4.65. The van der Waals surface area contributed by atoms with Crippen molar-refractivity contribution in [2.24, 2.45) is 0 Å². The number of nitrogens with zero attached hydrogens (tertiary/aromatic N) is 1. The van der Waals surface area contributed by atoms with Crippen LogP contribution in [0.15, 0.2) is 48.5 Å². The van der Waals surface area contributed by atoms with Crippen molar-refractivity contribution in [3.05, 3.63) is 70.8 Å². The van der Waals surface area contributed by atoms with Gasteiger partial charge in [-0.3, -0.25) is 4.79 Å². The third kappa shape index (κ3) is 4.37. The van der Waals surface area contributed by atoms with E-state index < -0.39 is 5.97 Å². The molecule has 0 N–H and O–H groups in total. The van der Waals surface area contributed by atoms with Crippen molar-refractivity contribution in [1.29, 1.82) is 5.26 Å². The second-order valence-corrected chi connectivity index (χ2v) is 6.65. The fourth-order valence-corrected chi connectivity index (χ4v) is 3.36. The van der Waals surface area contributed by atoms with E-state index in [-0.39, 0.29) is 12.4 Å². The lowest BCUT2D eigenvalue weighted by atomic mass is 9.84. The van der Waals surface area contributed by atoms with Gasteiger partial charge in [0.25, 0.3) is 0 Å². The molecule has 0 heterocycles. The number of ether oxygens (including phenoxy) is 1. The highest BCUT2D eigenvalue weighted by Gasteiger charge is 2.16. The molecule has 1 aliphatic carbocycles. The molecule has 1 fully saturated rings. The average molecular weight is 347 g/mol.